The lowest BCUT2D eigenvalue weighted by Gasteiger charge is -2.17. The van der Waals surface area contributed by atoms with Gasteiger partial charge in [-0.3, -0.25) is 9.69 Å². The first-order chi connectivity index (χ1) is 12.0. The van der Waals surface area contributed by atoms with Gasteiger partial charge in [0.2, 0.25) is 0 Å². The Kier molecular flexibility index (Phi) is 5.11. The molecule has 1 amide bonds. The van der Waals surface area contributed by atoms with Gasteiger partial charge in [0.1, 0.15) is 17.3 Å². The molecule has 0 spiro atoms. The van der Waals surface area contributed by atoms with Crippen molar-refractivity contribution in [3.63, 3.8) is 0 Å². The standard InChI is InChI=1S/C18H14ClFN2O2S/c1-24-13-6-3-11(4-7-13)9-16-17(23)22(18(21-16)25-2)12-5-8-15(20)14(19)10-12/h3-10H,1-2H3. The smallest absolute Gasteiger partial charge is 0.283 e. The van der Waals surface area contributed by atoms with E-state index in [0.717, 1.165) is 11.3 Å². The highest BCUT2D eigenvalue weighted by Gasteiger charge is 2.31. The molecule has 0 N–H and O–H groups in total. The molecule has 0 aliphatic carbocycles. The monoisotopic (exact) mass is 376 g/mol. The summed E-state index contributed by atoms with van der Waals surface area (Å²) in [6.45, 7) is 0. The molecule has 0 unspecified atom stereocenters. The number of methoxy groups -OCH3 is 1. The minimum atomic E-state index is -0.534. The molecule has 4 nitrogen and oxygen atoms in total. The molecule has 128 valence electrons. The fraction of sp³-hybridized carbons (Fsp3) is 0.111. The van der Waals surface area contributed by atoms with Crippen LogP contribution in [0, 0.1) is 5.82 Å². The zero-order chi connectivity index (χ0) is 18.0. The molecule has 1 aliphatic heterocycles. The van der Waals surface area contributed by atoms with Crippen molar-refractivity contribution in [1.29, 1.82) is 0 Å². The van der Waals surface area contributed by atoms with Gasteiger partial charge in [0.15, 0.2) is 5.17 Å². The van der Waals surface area contributed by atoms with Crippen LogP contribution in [0.15, 0.2) is 53.2 Å². The Bertz CT molecular complexity index is 881. The lowest BCUT2D eigenvalue weighted by Crippen LogP contribution is -2.30. The topological polar surface area (TPSA) is 41.9 Å². The first-order valence-electron chi connectivity index (χ1n) is 7.31. The van der Waals surface area contributed by atoms with E-state index in [1.807, 2.05) is 30.5 Å². The van der Waals surface area contributed by atoms with E-state index in [2.05, 4.69) is 4.99 Å². The highest BCUT2D eigenvalue weighted by atomic mass is 35.5. The molecule has 0 radical (unpaired) electrons. The number of carbonyl (C=O) groups is 1. The van der Waals surface area contributed by atoms with Crippen molar-refractivity contribution in [2.24, 2.45) is 4.99 Å². The second-order valence-corrected chi connectivity index (χ2v) is 6.32. The number of hydrogen-bond donors (Lipinski definition) is 0. The van der Waals surface area contributed by atoms with Crippen LogP contribution in [0.5, 0.6) is 5.75 Å². The molecule has 2 aromatic rings. The SMILES string of the molecule is COc1ccc(C=C2N=C(SC)N(c3ccc(F)c(Cl)c3)C2=O)cc1. The van der Waals surface area contributed by atoms with Crippen LogP contribution in [0.25, 0.3) is 6.08 Å². The van der Waals surface area contributed by atoms with Crippen LogP contribution >= 0.6 is 23.4 Å². The molecular formula is C18H14ClFN2O2S. The minimum Gasteiger partial charge on any atom is -0.497 e. The van der Waals surface area contributed by atoms with E-state index in [0.29, 0.717) is 16.6 Å². The maximum atomic E-state index is 13.4. The minimum absolute atomic E-state index is 0.0432. The number of rotatable bonds is 3. The molecule has 0 fully saturated rings. The molecule has 0 bridgehead atoms. The highest BCUT2D eigenvalue weighted by Crippen LogP contribution is 2.31. The first-order valence-corrected chi connectivity index (χ1v) is 8.91. The van der Waals surface area contributed by atoms with Gasteiger partial charge < -0.3 is 4.74 Å². The van der Waals surface area contributed by atoms with Gasteiger partial charge in [0.05, 0.1) is 17.8 Å². The number of anilines is 1. The zero-order valence-electron chi connectivity index (χ0n) is 13.5. The average Bonchev–Trinajstić information content (AvgIpc) is 2.94. The molecule has 0 aromatic heterocycles. The fourth-order valence-corrected chi connectivity index (χ4v) is 3.08. The number of carbonyl (C=O) groups excluding carboxylic acids is 1. The predicted molar refractivity (Wildman–Crippen MR) is 101 cm³/mol. The molecule has 7 heteroatoms. The number of amidine groups is 1. The fourth-order valence-electron chi connectivity index (χ4n) is 2.34. The summed E-state index contributed by atoms with van der Waals surface area (Å²) in [5.74, 6) is -0.0904. The van der Waals surface area contributed by atoms with Crippen LogP contribution in [-0.4, -0.2) is 24.4 Å². The first kappa shape index (κ1) is 17.5. The van der Waals surface area contributed by atoms with Gasteiger partial charge in [0.25, 0.3) is 5.91 Å². The highest BCUT2D eigenvalue weighted by molar-refractivity contribution is 8.13. The number of nitrogens with zero attached hydrogens (tertiary/aromatic N) is 2. The maximum Gasteiger partial charge on any atom is 0.283 e. The number of aliphatic imine (C=N–C) groups is 1. The summed E-state index contributed by atoms with van der Waals surface area (Å²) in [4.78, 5) is 18.6. The molecule has 25 heavy (non-hydrogen) atoms. The van der Waals surface area contributed by atoms with Crippen molar-refractivity contribution in [2.75, 3.05) is 18.3 Å². The Morgan fingerprint density at radius 1 is 1.24 bits per heavy atom. The van der Waals surface area contributed by atoms with E-state index in [-0.39, 0.29) is 10.9 Å². The summed E-state index contributed by atoms with van der Waals surface area (Å²) in [6.07, 6.45) is 3.52. The van der Waals surface area contributed by atoms with Gasteiger partial charge in [-0.25, -0.2) is 9.38 Å². The van der Waals surface area contributed by atoms with Gasteiger partial charge in [-0.05, 0) is 48.2 Å². The summed E-state index contributed by atoms with van der Waals surface area (Å²) in [7, 11) is 1.59. The van der Waals surface area contributed by atoms with Crippen LogP contribution < -0.4 is 9.64 Å². The van der Waals surface area contributed by atoms with Crippen molar-refractivity contribution >= 4 is 46.2 Å². The number of halogens is 2. The summed E-state index contributed by atoms with van der Waals surface area (Å²) in [5, 5.41) is 0.464. The normalized spacial score (nSPS) is 15.7. The number of ether oxygens (including phenoxy) is 1. The van der Waals surface area contributed by atoms with Crippen LogP contribution in [0.4, 0.5) is 10.1 Å². The van der Waals surface area contributed by atoms with Crippen LogP contribution in [0.2, 0.25) is 5.02 Å². The Hall–Kier alpha value is -2.31. The molecule has 2 aromatic carbocycles. The van der Waals surface area contributed by atoms with Gasteiger partial charge >= 0.3 is 0 Å². The Morgan fingerprint density at radius 3 is 2.56 bits per heavy atom. The average molecular weight is 377 g/mol. The van der Waals surface area contributed by atoms with Crippen LogP contribution in [0.3, 0.4) is 0 Å². The summed E-state index contributed by atoms with van der Waals surface area (Å²) in [6, 6.07) is 11.4. The van der Waals surface area contributed by atoms with Crippen molar-refractivity contribution in [3.05, 3.63) is 64.6 Å². The quantitative estimate of drug-likeness (QED) is 0.735. The van der Waals surface area contributed by atoms with Crippen molar-refractivity contribution in [1.82, 2.24) is 0 Å². The van der Waals surface area contributed by atoms with Gasteiger partial charge in [-0.15, -0.1) is 0 Å². The molecule has 0 atom stereocenters. The van der Waals surface area contributed by atoms with E-state index in [1.54, 1.807) is 13.2 Å². The zero-order valence-corrected chi connectivity index (χ0v) is 15.1. The van der Waals surface area contributed by atoms with Crippen molar-refractivity contribution in [3.8, 4) is 5.75 Å². The number of benzene rings is 2. The molecule has 1 heterocycles. The third-order valence-corrected chi connectivity index (χ3v) is 4.52. The van der Waals surface area contributed by atoms with Gasteiger partial charge in [-0.1, -0.05) is 35.5 Å². The van der Waals surface area contributed by atoms with E-state index >= 15 is 0 Å². The number of thioether (sulfide) groups is 1. The van der Waals surface area contributed by atoms with Gasteiger partial charge in [-0.2, -0.15) is 0 Å². The maximum absolute atomic E-state index is 13.4. The lowest BCUT2D eigenvalue weighted by atomic mass is 10.2. The Balaban J connectivity index is 1.95. The lowest BCUT2D eigenvalue weighted by molar-refractivity contribution is -0.113. The Labute approximate surface area is 154 Å². The van der Waals surface area contributed by atoms with Crippen molar-refractivity contribution < 1.29 is 13.9 Å². The second-order valence-electron chi connectivity index (χ2n) is 5.14. The number of hydrogen-bond acceptors (Lipinski definition) is 4. The molecule has 3 rings (SSSR count). The summed E-state index contributed by atoms with van der Waals surface area (Å²) in [5.41, 5.74) is 1.60. The van der Waals surface area contributed by atoms with E-state index < -0.39 is 5.82 Å². The van der Waals surface area contributed by atoms with Gasteiger partial charge in [0, 0.05) is 0 Å². The predicted octanol–water partition coefficient (Wildman–Crippen LogP) is 4.59. The molecule has 0 saturated heterocycles. The third-order valence-electron chi connectivity index (χ3n) is 3.59. The van der Waals surface area contributed by atoms with Crippen molar-refractivity contribution in [2.45, 2.75) is 0 Å². The summed E-state index contributed by atoms with van der Waals surface area (Å²) >= 11 is 7.17. The molecular weight excluding hydrogens is 363 g/mol. The van der Waals surface area contributed by atoms with E-state index in [9.17, 15) is 9.18 Å². The third kappa shape index (κ3) is 3.55. The summed E-state index contributed by atoms with van der Waals surface area (Å²) < 4.78 is 18.5. The van der Waals surface area contributed by atoms with Crippen LogP contribution in [-0.2, 0) is 4.79 Å². The molecule has 1 aliphatic rings. The van der Waals surface area contributed by atoms with E-state index in [1.165, 1.54) is 34.9 Å². The van der Waals surface area contributed by atoms with E-state index in [4.69, 9.17) is 16.3 Å². The number of amides is 1. The largest absolute Gasteiger partial charge is 0.497 e. The second kappa shape index (κ2) is 7.29. The van der Waals surface area contributed by atoms with Crippen LogP contribution in [0.1, 0.15) is 5.56 Å². The Morgan fingerprint density at radius 2 is 1.96 bits per heavy atom. The molecule has 0 saturated carbocycles.